The van der Waals surface area contributed by atoms with E-state index in [0.717, 1.165) is 11.8 Å². The Bertz CT molecular complexity index is 539. The molecule has 0 radical (unpaired) electrons. The highest BCUT2D eigenvalue weighted by molar-refractivity contribution is 7.99. The van der Waals surface area contributed by atoms with Crippen LogP contribution in [-0.2, 0) is 24.5 Å². The molecule has 0 aliphatic rings. The summed E-state index contributed by atoms with van der Waals surface area (Å²) in [5, 5.41) is 26.1. The van der Waals surface area contributed by atoms with Crippen LogP contribution in [0.1, 0.15) is 5.82 Å². The second-order valence-electron chi connectivity index (χ2n) is 3.69. The van der Waals surface area contributed by atoms with E-state index in [1.54, 1.807) is 17.1 Å². The second kappa shape index (κ2) is 6.34. The van der Waals surface area contributed by atoms with E-state index in [2.05, 4.69) is 15.2 Å². The van der Waals surface area contributed by atoms with E-state index in [1.165, 1.54) is 0 Å². The van der Waals surface area contributed by atoms with Crippen molar-refractivity contribution < 1.29 is 15.0 Å². The van der Waals surface area contributed by atoms with Gasteiger partial charge in [0.2, 0.25) is 0 Å². The summed E-state index contributed by atoms with van der Waals surface area (Å²) in [4.78, 5) is 14.5. The van der Waals surface area contributed by atoms with E-state index in [1.807, 2.05) is 10.8 Å². The highest BCUT2D eigenvalue weighted by Crippen LogP contribution is 2.17. The van der Waals surface area contributed by atoms with Crippen LogP contribution in [0.5, 0.6) is 0 Å². The number of hydrogen-bond donors (Lipinski definition) is 2. The number of nitrogens with zero attached hydrogens (tertiary/aromatic N) is 5. The second-order valence-corrected chi connectivity index (χ2v) is 4.63. The highest BCUT2D eigenvalue weighted by atomic mass is 32.2. The molecule has 2 rings (SSSR count). The van der Waals surface area contributed by atoms with Gasteiger partial charge in [0.15, 0.2) is 11.0 Å². The number of thioether (sulfide) groups is 1. The monoisotopic (exact) mass is 283 g/mol. The van der Waals surface area contributed by atoms with Crippen molar-refractivity contribution in [1.29, 1.82) is 0 Å². The first-order chi connectivity index (χ1) is 9.20. The normalized spacial score (nSPS) is 10.8. The molecule has 0 amide bonds. The Morgan fingerprint density at radius 2 is 2.21 bits per heavy atom. The predicted octanol–water partition coefficient (Wildman–Crippen LogP) is -0.156. The fourth-order valence-electron chi connectivity index (χ4n) is 1.53. The SMILES string of the molecule is O=C(O)CSc1nnc(CO)n1CCn1ccnc1. The number of aromatic nitrogens is 5. The zero-order chi connectivity index (χ0) is 13.7. The van der Waals surface area contributed by atoms with Crippen molar-refractivity contribution in [2.24, 2.45) is 0 Å². The van der Waals surface area contributed by atoms with E-state index in [9.17, 15) is 9.90 Å². The van der Waals surface area contributed by atoms with Crippen LogP contribution in [0.15, 0.2) is 23.9 Å². The van der Waals surface area contributed by atoms with Crippen molar-refractivity contribution >= 4 is 17.7 Å². The maximum Gasteiger partial charge on any atom is 0.313 e. The molecule has 0 saturated heterocycles. The molecule has 19 heavy (non-hydrogen) atoms. The molecule has 0 atom stereocenters. The van der Waals surface area contributed by atoms with Gasteiger partial charge in [0.25, 0.3) is 0 Å². The van der Waals surface area contributed by atoms with Gasteiger partial charge in [0.05, 0.1) is 12.1 Å². The molecule has 0 saturated carbocycles. The minimum atomic E-state index is -0.917. The van der Waals surface area contributed by atoms with E-state index in [-0.39, 0.29) is 12.4 Å². The maximum atomic E-state index is 10.6. The zero-order valence-electron chi connectivity index (χ0n) is 10.0. The number of aliphatic hydroxyl groups excluding tert-OH is 1. The third-order valence-electron chi connectivity index (χ3n) is 2.40. The number of carboxylic acids is 1. The topological polar surface area (TPSA) is 106 Å². The molecule has 0 aliphatic heterocycles. The quantitative estimate of drug-likeness (QED) is 0.680. The van der Waals surface area contributed by atoms with Gasteiger partial charge in [-0.25, -0.2) is 4.98 Å². The number of carboxylic acid groups (broad SMARTS) is 1. The molecule has 0 unspecified atom stereocenters. The van der Waals surface area contributed by atoms with Crippen LogP contribution in [0.2, 0.25) is 0 Å². The molecule has 9 heteroatoms. The summed E-state index contributed by atoms with van der Waals surface area (Å²) < 4.78 is 3.60. The van der Waals surface area contributed by atoms with Crippen molar-refractivity contribution in [3.63, 3.8) is 0 Å². The van der Waals surface area contributed by atoms with Gasteiger partial charge in [0, 0.05) is 25.5 Å². The molecule has 2 heterocycles. The third kappa shape index (κ3) is 3.55. The summed E-state index contributed by atoms with van der Waals surface area (Å²) in [5.74, 6) is -0.582. The van der Waals surface area contributed by atoms with Gasteiger partial charge in [-0.15, -0.1) is 10.2 Å². The number of rotatable bonds is 7. The molecule has 0 aliphatic carbocycles. The Kier molecular flexibility index (Phi) is 4.53. The van der Waals surface area contributed by atoms with Gasteiger partial charge in [-0.2, -0.15) is 0 Å². The highest BCUT2D eigenvalue weighted by Gasteiger charge is 2.13. The number of aryl methyl sites for hydroxylation is 1. The maximum absolute atomic E-state index is 10.6. The summed E-state index contributed by atoms with van der Waals surface area (Å²) in [5.41, 5.74) is 0. The van der Waals surface area contributed by atoms with Gasteiger partial charge >= 0.3 is 5.97 Å². The Morgan fingerprint density at radius 1 is 1.37 bits per heavy atom. The minimum Gasteiger partial charge on any atom is -0.481 e. The lowest BCUT2D eigenvalue weighted by atomic mass is 10.5. The van der Waals surface area contributed by atoms with E-state index in [0.29, 0.717) is 24.1 Å². The fourth-order valence-corrected chi connectivity index (χ4v) is 2.23. The summed E-state index contributed by atoms with van der Waals surface area (Å²) in [6.07, 6.45) is 5.19. The first-order valence-corrected chi connectivity index (χ1v) is 6.52. The molecule has 0 bridgehead atoms. The van der Waals surface area contributed by atoms with Crippen LogP contribution in [0.4, 0.5) is 0 Å². The minimum absolute atomic E-state index is 0.0887. The van der Waals surface area contributed by atoms with E-state index in [4.69, 9.17) is 5.11 Å². The molecule has 0 fully saturated rings. The number of imidazole rings is 1. The average molecular weight is 283 g/mol. The molecule has 8 nitrogen and oxygen atoms in total. The largest absolute Gasteiger partial charge is 0.481 e. The lowest BCUT2D eigenvalue weighted by molar-refractivity contribution is -0.133. The summed E-state index contributed by atoms with van der Waals surface area (Å²) in [7, 11) is 0. The third-order valence-corrected chi connectivity index (χ3v) is 3.35. The Hall–Kier alpha value is -1.87. The van der Waals surface area contributed by atoms with Crippen molar-refractivity contribution in [2.75, 3.05) is 5.75 Å². The van der Waals surface area contributed by atoms with Gasteiger partial charge in [0.1, 0.15) is 6.61 Å². The zero-order valence-corrected chi connectivity index (χ0v) is 10.8. The summed E-state index contributed by atoms with van der Waals surface area (Å²) >= 11 is 1.08. The summed E-state index contributed by atoms with van der Waals surface area (Å²) in [6.45, 7) is 0.956. The number of hydrogen-bond acceptors (Lipinski definition) is 6. The van der Waals surface area contributed by atoms with Crippen LogP contribution in [-0.4, -0.2) is 46.3 Å². The van der Waals surface area contributed by atoms with Crippen LogP contribution in [0.3, 0.4) is 0 Å². The van der Waals surface area contributed by atoms with Gasteiger partial charge in [-0.05, 0) is 0 Å². The van der Waals surface area contributed by atoms with Crippen LogP contribution in [0.25, 0.3) is 0 Å². The number of aliphatic carboxylic acids is 1. The van der Waals surface area contributed by atoms with Crippen molar-refractivity contribution in [1.82, 2.24) is 24.3 Å². The lowest BCUT2D eigenvalue weighted by Gasteiger charge is -2.08. The molecular formula is C10H13N5O3S. The predicted molar refractivity (Wildman–Crippen MR) is 66.5 cm³/mol. The molecule has 0 spiro atoms. The molecule has 2 aromatic heterocycles. The van der Waals surface area contributed by atoms with Crippen LogP contribution in [0, 0.1) is 0 Å². The fraction of sp³-hybridized carbons (Fsp3) is 0.400. The van der Waals surface area contributed by atoms with Crippen molar-refractivity contribution in [3.8, 4) is 0 Å². The first kappa shape index (κ1) is 13.6. The van der Waals surface area contributed by atoms with Crippen molar-refractivity contribution in [3.05, 3.63) is 24.5 Å². The van der Waals surface area contributed by atoms with Gasteiger partial charge in [-0.3, -0.25) is 4.79 Å². The van der Waals surface area contributed by atoms with Gasteiger partial charge < -0.3 is 19.3 Å². The molecular weight excluding hydrogens is 270 g/mol. The van der Waals surface area contributed by atoms with Crippen molar-refractivity contribution in [2.45, 2.75) is 24.9 Å². The standard InChI is InChI=1S/C10H13N5O3S/c16-5-8-12-13-10(19-6-9(17)18)15(8)4-3-14-2-1-11-7-14/h1-2,7,16H,3-6H2,(H,17,18). The first-order valence-electron chi connectivity index (χ1n) is 5.54. The molecule has 2 aromatic rings. The summed E-state index contributed by atoms with van der Waals surface area (Å²) in [6, 6.07) is 0. The molecule has 0 aromatic carbocycles. The van der Waals surface area contributed by atoms with E-state index >= 15 is 0 Å². The molecule has 102 valence electrons. The van der Waals surface area contributed by atoms with Gasteiger partial charge in [-0.1, -0.05) is 11.8 Å². The Balaban J connectivity index is 2.07. The van der Waals surface area contributed by atoms with Crippen LogP contribution < -0.4 is 0 Å². The Morgan fingerprint density at radius 3 is 2.84 bits per heavy atom. The molecule has 2 N–H and O–H groups in total. The smallest absolute Gasteiger partial charge is 0.313 e. The lowest BCUT2D eigenvalue weighted by Crippen LogP contribution is -2.11. The van der Waals surface area contributed by atoms with E-state index < -0.39 is 5.97 Å². The number of carbonyl (C=O) groups is 1. The Labute approximate surface area is 113 Å². The number of aliphatic hydroxyl groups is 1. The average Bonchev–Trinajstić information content (AvgIpc) is 3.02. The van der Waals surface area contributed by atoms with Crippen LogP contribution >= 0.6 is 11.8 Å².